The van der Waals surface area contributed by atoms with Crippen molar-refractivity contribution < 1.29 is 8.42 Å². The highest BCUT2D eigenvalue weighted by molar-refractivity contribution is 7.89. The highest BCUT2D eigenvalue weighted by Gasteiger charge is 2.25. The topological polar surface area (TPSA) is 46.2 Å². The fraction of sp³-hybridized carbons (Fsp3) is 1.00. The van der Waals surface area contributed by atoms with Gasteiger partial charge in [-0.25, -0.2) is 13.1 Å². The van der Waals surface area contributed by atoms with Crippen LogP contribution in [-0.4, -0.2) is 26.1 Å². The fourth-order valence-electron chi connectivity index (χ4n) is 1.19. The van der Waals surface area contributed by atoms with E-state index in [1.54, 1.807) is 0 Å². The SMILES string of the molecule is CC(C)C(CCl)NS(=O)(=O)CC(C)(C)C. The number of alkyl halides is 1. The molecule has 1 N–H and O–H groups in total. The summed E-state index contributed by atoms with van der Waals surface area (Å²) in [7, 11) is -3.23. The van der Waals surface area contributed by atoms with Gasteiger partial charge in [0.05, 0.1) is 5.75 Å². The zero-order chi connectivity index (χ0) is 12.3. The molecule has 0 aromatic carbocycles. The van der Waals surface area contributed by atoms with E-state index in [-0.39, 0.29) is 23.1 Å². The molecule has 0 aliphatic carbocycles. The Labute approximate surface area is 98.6 Å². The van der Waals surface area contributed by atoms with Crippen molar-refractivity contribution in [3.8, 4) is 0 Å². The van der Waals surface area contributed by atoms with E-state index in [1.807, 2.05) is 34.6 Å². The molecule has 0 aromatic heterocycles. The first kappa shape index (κ1) is 15.2. The highest BCUT2D eigenvalue weighted by Crippen LogP contribution is 2.16. The lowest BCUT2D eigenvalue weighted by Gasteiger charge is -2.23. The Morgan fingerprint density at radius 2 is 1.73 bits per heavy atom. The molecule has 0 saturated heterocycles. The molecule has 0 heterocycles. The summed E-state index contributed by atoms with van der Waals surface area (Å²) in [5, 5.41) is 0. The van der Waals surface area contributed by atoms with Crippen LogP contribution in [0, 0.1) is 11.3 Å². The third-order valence-corrected chi connectivity index (χ3v) is 4.17. The van der Waals surface area contributed by atoms with E-state index in [1.165, 1.54) is 0 Å². The molecular formula is C10H22ClNO2S. The minimum Gasteiger partial charge on any atom is -0.212 e. The van der Waals surface area contributed by atoms with Crippen LogP contribution in [-0.2, 0) is 10.0 Å². The number of hydrogen-bond acceptors (Lipinski definition) is 2. The van der Waals surface area contributed by atoms with Gasteiger partial charge >= 0.3 is 0 Å². The van der Waals surface area contributed by atoms with Crippen LogP contribution in [0.25, 0.3) is 0 Å². The third-order valence-electron chi connectivity index (χ3n) is 1.92. The second kappa shape index (κ2) is 5.51. The monoisotopic (exact) mass is 255 g/mol. The largest absolute Gasteiger partial charge is 0.212 e. The lowest BCUT2D eigenvalue weighted by atomic mass is 10.0. The molecule has 0 radical (unpaired) electrons. The molecular weight excluding hydrogens is 234 g/mol. The second-order valence-corrected chi connectivity index (χ2v) is 7.50. The molecule has 0 spiro atoms. The fourth-order valence-corrected chi connectivity index (χ4v) is 3.75. The van der Waals surface area contributed by atoms with Crippen molar-refractivity contribution in [2.24, 2.45) is 11.3 Å². The van der Waals surface area contributed by atoms with Crippen LogP contribution in [0.15, 0.2) is 0 Å². The van der Waals surface area contributed by atoms with E-state index in [0.29, 0.717) is 5.88 Å². The summed E-state index contributed by atoms with van der Waals surface area (Å²) in [5.74, 6) is 0.637. The standard InChI is InChI=1S/C10H22ClNO2S/c1-8(2)9(6-11)12-15(13,14)7-10(3,4)5/h8-9,12H,6-7H2,1-5H3. The summed E-state index contributed by atoms with van der Waals surface area (Å²) in [6.07, 6.45) is 0. The normalized spacial score (nSPS) is 15.7. The lowest BCUT2D eigenvalue weighted by molar-refractivity contribution is 0.441. The maximum atomic E-state index is 11.8. The van der Waals surface area contributed by atoms with Crippen molar-refractivity contribution >= 4 is 21.6 Å². The smallest absolute Gasteiger partial charge is 0.212 e. The van der Waals surface area contributed by atoms with Crippen LogP contribution < -0.4 is 4.72 Å². The predicted molar refractivity (Wildman–Crippen MR) is 65.7 cm³/mol. The van der Waals surface area contributed by atoms with Gasteiger partial charge in [0.25, 0.3) is 0 Å². The number of sulfonamides is 1. The molecule has 0 bridgehead atoms. The van der Waals surface area contributed by atoms with Crippen molar-refractivity contribution in [2.75, 3.05) is 11.6 Å². The number of hydrogen-bond donors (Lipinski definition) is 1. The van der Waals surface area contributed by atoms with Crippen LogP contribution >= 0.6 is 11.6 Å². The average Bonchev–Trinajstić information content (AvgIpc) is 1.94. The van der Waals surface area contributed by atoms with Gasteiger partial charge in [0.2, 0.25) is 10.0 Å². The summed E-state index contributed by atoms with van der Waals surface area (Å²) in [5.41, 5.74) is -0.236. The molecule has 0 saturated carbocycles. The first-order valence-electron chi connectivity index (χ1n) is 5.13. The number of nitrogens with one attached hydrogen (secondary N) is 1. The molecule has 0 rings (SSSR count). The van der Waals surface area contributed by atoms with Gasteiger partial charge in [0.1, 0.15) is 0 Å². The molecule has 0 aliphatic rings. The van der Waals surface area contributed by atoms with Crippen LogP contribution in [0.1, 0.15) is 34.6 Å². The predicted octanol–water partition coefficient (Wildman–Crippen LogP) is 2.22. The Morgan fingerprint density at radius 3 is 2.00 bits per heavy atom. The maximum Gasteiger partial charge on any atom is 0.212 e. The quantitative estimate of drug-likeness (QED) is 0.766. The van der Waals surface area contributed by atoms with E-state index >= 15 is 0 Å². The second-order valence-electron chi connectivity index (χ2n) is 5.44. The van der Waals surface area contributed by atoms with Gasteiger partial charge in [0, 0.05) is 11.9 Å². The number of rotatable bonds is 5. The van der Waals surface area contributed by atoms with Crippen molar-refractivity contribution in [1.82, 2.24) is 4.72 Å². The Balaban J connectivity index is 4.50. The molecule has 5 heteroatoms. The molecule has 3 nitrogen and oxygen atoms in total. The lowest BCUT2D eigenvalue weighted by Crippen LogP contribution is -2.43. The van der Waals surface area contributed by atoms with Gasteiger partial charge in [-0.1, -0.05) is 34.6 Å². The van der Waals surface area contributed by atoms with Gasteiger partial charge in [-0.3, -0.25) is 0 Å². The number of halogens is 1. The Hall–Kier alpha value is 0.200. The molecule has 92 valence electrons. The Morgan fingerprint density at radius 1 is 1.27 bits per heavy atom. The maximum absolute atomic E-state index is 11.8. The molecule has 1 atom stereocenters. The molecule has 0 amide bonds. The highest BCUT2D eigenvalue weighted by atomic mass is 35.5. The van der Waals surface area contributed by atoms with E-state index in [0.717, 1.165) is 0 Å². The molecule has 0 fully saturated rings. The summed E-state index contributed by atoms with van der Waals surface area (Å²) in [6.45, 7) is 9.60. The Bertz CT molecular complexity index is 280. The Kier molecular flexibility index (Phi) is 5.58. The summed E-state index contributed by atoms with van der Waals surface area (Å²) in [6, 6.07) is -0.181. The van der Waals surface area contributed by atoms with E-state index in [4.69, 9.17) is 11.6 Å². The van der Waals surface area contributed by atoms with Gasteiger partial charge < -0.3 is 0 Å². The van der Waals surface area contributed by atoms with Crippen LogP contribution in [0.5, 0.6) is 0 Å². The van der Waals surface area contributed by atoms with Crippen molar-refractivity contribution in [3.63, 3.8) is 0 Å². The average molecular weight is 256 g/mol. The summed E-state index contributed by atoms with van der Waals surface area (Å²) in [4.78, 5) is 0. The molecule has 0 aromatic rings. The molecule has 15 heavy (non-hydrogen) atoms. The van der Waals surface area contributed by atoms with E-state index in [2.05, 4.69) is 4.72 Å². The minimum atomic E-state index is -3.23. The van der Waals surface area contributed by atoms with Crippen molar-refractivity contribution in [3.05, 3.63) is 0 Å². The minimum absolute atomic E-state index is 0.125. The zero-order valence-corrected chi connectivity index (χ0v) is 11.7. The van der Waals surface area contributed by atoms with E-state index in [9.17, 15) is 8.42 Å². The van der Waals surface area contributed by atoms with Gasteiger partial charge in [0.15, 0.2) is 0 Å². The first-order chi connectivity index (χ1) is 6.57. The van der Waals surface area contributed by atoms with Crippen LogP contribution in [0.4, 0.5) is 0 Å². The van der Waals surface area contributed by atoms with Gasteiger partial charge in [-0.2, -0.15) is 0 Å². The summed E-state index contributed by atoms with van der Waals surface area (Å²) < 4.78 is 26.1. The van der Waals surface area contributed by atoms with Crippen LogP contribution in [0.3, 0.4) is 0 Å². The van der Waals surface area contributed by atoms with Gasteiger partial charge in [-0.15, -0.1) is 11.6 Å². The molecule has 0 aliphatic heterocycles. The van der Waals surface area contributed by atoms with Crippen molar-refractivity contribution in [1.29, 1.82) is 0 Å². The zero-order valence-electron chi connectivity index (χ0n) is 10.2. The van der Waals surface area contributed by atoms with E-state index < -0.39 is 10.0 Å². The molecule has 1 unspecified atom stereocenters. The first-order valence-corrected chi connectivity index (χ1v) is 7.32. The third kappa shape index (κ3) is 7.14. The van der Waals surface area contributed by atoms with Crippen molar-refractivity contribution in [2.45, 2.75) is 40.7 Å². The van der Waals surface area contributed by atoms with Gasteiger partial charge in [-0.05, 0) is 11.3 Å². The summed E-state index contributed by atoms with van der Waals surface area (Å²) >= 11 is 5.71. The van der Waals surface area contributed by atoms with Crippen LogP contribution in [0.2, 0.25) is 0 Å².